The highest BCUT2D eigenvalue weighted by Gasteiger charge is 2.35. The summed E-state index contributed by atoms with van der Waals surface area (Å²) in [5, 5.41) is 6.91. The molecule has 2 amide bonds. The van der Waals surface area contributed by atoms with Gasteiger partial charge in [0, 0.05) is 24.7 Å². The topological polar surface area (TPSA) is 61.4 Å². The minimum Gasteiger partial charge on any atom is -0.353 e. The average Bonchev–Trinajstić information content (AvgIpc) is 3.06. The standard InChI is InChI=1S/C17H23Cl2N3O2.ClH/c1-2-7-20-8-9-21-16(23)15-4-3-10-22(15)17(24)13-11-12(18)5-6-14(13)19;/h5-6,11,15,20H,2-4,7-10H2,1H3,(H,21,23);1H. The lowest BCUT2D eigenvalue weighted by Crippen LogP contribution is -2.47. The molecule has 1 atom stereocenters. The lowest BCUT2D eigenvalue weighted by Gasteiger charge is -2.24. The van der Waals surface area contributed by atoms with E-state index in [1.54, 1.807) is 23.1 Å². The van der Waals surface area contributed by atoms with Gasteiger partial charge in [0.2, 0.25) is 5.91 Å². The van der Waals surface area contributed by atoms with Gasteiger partial charge in [0.15, 0.2) is 0 Å². The van der Waals surface area contributed by atoms with E-state index in [4.69, 9.17) is 23.2 Å². The molecule has 2 rings (SSSR count). The Hall–Kier alpha value is -1.01. The van der Waals surface area contributed by atoms with Gasteiger partial charge in [-0.25, -0.2) is 0 Å². The van der Waals surface area contributed by atoms with Crippen molar-refractivity contribution in [1.82, 2.24) is 15.5 Å². The number of nitrogens with zero attached hydrogens (tertiary/aromatic N) is 1. The van der Waals surface area contributed by atoms with Crippen molar-refractivity contribution in [3.05, 3.63) is 33.8 Å². The molecule has 0 radical (unpaired) electrons. The molecule has 8 heteroatoms. The van der Waals surface area contributed by atoms with Crippen LogP contribution in [-0.2, 0) is 4.79 Å². The molecule has 5 nitrogen and oxygen atoms in total. The van der Waals surface area contributed by atoms with E-state index in [0.29, 0.717) is 35.1 Å². The number of hydrogen-bond acceptors (Lipinski definition) is 3. The minimum atomic E-state index is -0.446. The first-order valence-corrected chi connectivity index (χ1v) is 9.04. The van der Waals surface area contributed by atoms with Crippen molar-refractivity contribution in [2.45, 2.75) is 32.2 Å². The Labute approximate surface area is 164 Å². The van der Waals surface area contributed by atoms with E-state index in [9.17, 15) is 9.59 Å². The Morgan fingerprint density at radius 1 is 1.24 bits per heavy atom. The second-order valence-electron chi connectivity index (χ2n) is 5.82. The van der Waals surface area contributed by atoms with Crippen molar-refractivity contribution in [3.8, 4) is 0 Å². The molecule has 1 aromatic rings. The lowest BCUT2D eigenvalue weighted by atomic mass is 10.1. The fourth-order valence-corrected chi connectivity index (χ4v) is 3.16. The number of likely N-dealkylation sites (tertiary alicyclic amines) is 1. The molecule has 1 aromatic carbocycles. The highest BCUT2D eigenvalue weighted by Crippen LogP contribution is 2.26. The third kappa shape index (κ3) is 6.03. The van der Waals surface area contributed by atoms with Gasteiger partial charge in [-0.2, -0.15) is 0 Å². The van der Waals surface area contributed by atoms with Crippen LogP contribution in [0.15, 0.2) is 18.2 Å². The quantitative estimate of drug-likeness (QED) is 0.681. The van der Waals surface area contributed by atoms with Crippen LogP contribution >= 0.6 is 35.6 Å². The summed E-state index contributed by atoms with van der Waals surface area (Å²) in [6, 6.07) is 4.34. The molecule has 2 N–H and O–H groups in total. The SMILES string of the molecule is CCCNCCNC(=O)C1CCCN1C(=O)c1cc(Cl)ccc1Cl.Cl. The number of carbonyl (C=O) groups is 2. The Kier molecular flexibility index (Phi) is 9.57. The predicted molar refractivity (Wildman–Crippen MR) is 104 cm³/mol. The Morgan fingerprint density at radius 2 is 2.00 bits per heavy atom. The van der Waals surface area contributed by atoms with E-state index in [1.165, 1.54) is 0 Å². The molecule has 1 heterocycles. The highest BCUT2D eigenvalue weighted by molar-refractivity contribution is 6.35. The normalized spacial score (nSPS) is 16.4. The maximum atomic E-state index is 12.7. The molecule has 25 heavy (non-hydrogen) atoms. The van der Waals surface area contributed by atoms with Gasteiger partial charge in [0.05, 0.1) is 10.6 Å². The predicted octanol–water partition coefficient (Wildman–Crippen LogP) is 3.14. The molecule has 1 aliphatic heterocycles. The summed E-state index contributed by atoms with van der Waals surface area (Å²) >= 11 is 12.1. The zero-order valence-electron chi connectivity index (χ0n) is 14.2. The van der Waals surface area contributed by atoms with Crippen LogP contribution in [0.1, 0.15) is 36.5 Å². The summed E-state index contributed by atoms with van der Waals surface area (Å²) in [4.78, 5) is 26.7. The van der Waals surface area contributed by atoms with Crippen LogP contribution in [0.4, 0.5) is 0 Å². The second kappa shape index (κ2) is 10.9. The monoisotopic (exact) mass is 407 g/mol. The van der Waals surface area contributed by atoms with E-state index < -0.39 is 6.04 Å². The zero-order chi connectivity index (χ0) is 17.5. The van der Waals surface area contributed by atoms with Gasteiger partial charge < -0.3 is 15.5 Å². The number of halogens is 3. The van der Waals surface area contributed by atoms with Gasteiger partial charge in [-0.15, -0.1) is 12.4 Å². The van der Waals surface area contributed by atoms with E-state index in [-0.39, 0.29) is 24.2 Å². The molecule has 1 fully saturated rings. The Bertz CT molecular complexity index is 599. The number of hydrogen-bond donors (Lipinski definition) is 2. The van der Waals surface area contributed by atoms with Crippen molar-refractivity contribution in [3.63, 3.8) is 0 Å². The van der Waals surface area contributed by atoms with Gasteiger partial charge in [-0.05, 0) is 44.0 Å². The summed E-state index contributed by atoms with van der Waals surface area (Å²) in [6.07, 6.45) is 2.52. The maximum absolute atomic E-state index is 12.7. The number of rotatable bonds is 7. The van der Waals surface area contributed by atoms with E-state index in [2.05, 4.69) is 17.6 Å². The van der Waals surface area contributed by atoms with Gasteiger partial charge in [-0.3, -0.25) is 9.59 Å². The van der Waals surface area contributed by atoms with Crippen LogP contribution < -0.4 is 10.6 Å². The van der Waals surface area contributed by atoms with Crippen LogP contribution in [0.3, 0.4) is 0 Å². The number of carbonyl (C=O) groups excluding carboxylic acids is 2. The molecule has 1 saturated heterocycles. The summed E-state index contributed by atoms with van der Waals surface area (Å²) in [7, 11) is 0. The van der Waals surface area contributed by atoms with Crippen molar-refractivity contribution in [2.75, 3.05) is 26.2 Å². The fourth-order valence-electron chi connectivity index (χ4n) is 2.79. The first-order chi connectivity index (χ1) is 11.5. The summed E-state index contributed by atoms with van der Waals surface area (Å²) in [6.45, 7) is 4.84. The zero-order valence-corrected chi connectivity index (χ0v) is 16.5. The van der Waals surface area contributed by atoms with E-state index in [0.717, 1.165) is 25.9 Å². The van der Waals surface area contributed by atoms with Gasteiger partial charge >= 0.3 is 0 Å². The molecule has 0 saturated carbocycles. The minimum absolute atomic E-state index is 0. The maximum Gasteiger partial charge on any atom is 0.256 e. The van der Waals surface area contributed by atoms with Crippen LogP contribution in [-0.4, -0.2) is 48.9 Å². The second-order valence-corrected chi connectivity index (χ2v) is 6.67. The fraction of sp³-hybridized carbons (Fsp3) is 0.529. The van der Waals surface area contributed by atoms with Gasteiger partial charge in [0.25, 0.3) is 5.91 Å². The number of nitrogens with one attached hydrogen (secondary N) is 2. The summed E-state index contributed by atoms with van der Waals surface area (Å²) in [5.41, 5.74) is 0.341. The number of benzene rings is 1. The van der Waals surface area contributed by atoms with E-state index >= 15 is 0 Å². The number of amides is 2. The third-order valence-corrected chi connectivity index (χ3v) is 4.57. The lowest BCUT2D eigenvalue weighted by molar-refractivity contribution is -0.124. The van der Waals surface area contributed by atoms with Crippen molar-refractivity contribution < 1.29 is 9.59 Å². The smallest absolute Gasteiger partial charge is 0.256 e. The first-order valence-electron chi connectivity index (χ1n) is 8.29. The molecular weight excluding hydrogens is 385 g/mol. The summed E-state index contributed by atoms with van der Waals surface area (Å²) in [5.74, 6) is -0.360. The van der Waals surface area contributed by atoms with Crippen molar-refractivity contribution >= 4 is 47.4 Å². The van der Waals surface area contributed by atoms with Crippen LogP contribution in [0.2, 0.25) is 10.0 Å². The van der Waals surface area contributed by atoms with E-state index in [1.807, 2.05) is 0 Å². The molecule has 0 bridgehead atoms. The van der Waals surface area contributed by atoms with Crippen LogP contribution in [0.25, 0.3) is 0 Å². The Morgan fingerprint density at radius 3 is 2.72 bits per heavy atom. The van der Waals surface area contributed by atoms with Crippen molar-refractivity contribution in [1.29, 1.82) is 0 Å². The largest absolute Gasteiger partial charge is 0.353 e. The first kappa shape index (κ1) is 22.0. The average molecular weight is 409 g/mol. The molecule has 0 aromatic heterocycles. The van der Waals surface area contributed by atoms with Crippen molar-refractivity contribution in [2.24, 2.45) is 0 Å². The Balaban J connectivity index is 0.00000312. The molecular formula is C17H24Cl3N3O2. The third-order valence-electron chi connectivity index (χ3n) is 4.00. The molecule has 0 spiro atoms. The van der Waals surface area contributed by atoms with Gasteiger partial charge in [-0.1, -0.05) is 30.1 Å². The molecule has 1 aliphatic rings. The molecule has 1 unspecified atom stereocenters. The molecule has 140 valence electrons. The van der Waals surface area contributed by atoms with Crippen LogP contribution in [0, 0.1) is 0 Å². The highest BCUT2D eigenvalue weighted by atomic mass is 35.5. The summed E-state index contributed by atoms with van der Waals surface area (Å²) < 4.78 is 0. The van der Waals surface area contributed by atoms with Crippen LogP contribution in [0.5, 0.6) is 0 Å². The van der Waals surface area contributed by atoms with Gasteiger partial charge in [0.1, 0.15) is 6.04 Å². The molecule has 0 aliphatic carbocycles.